The maximum absolute atomic E-state index is 2.37. The van der Waals surface area contributed by atoms with Crippen LogP contribution in [0.3, 0.4) is 0 Å². The van der Waals surface area contributed by atoms with Crippen molar-refractivity contribution < 1.29 is 0 Å². The Kier molecular flexibility index (Phi) is 2.55. The molecule has 2 rings (SSSR count). The standard InChI is InChI=1S/C10H6I2/c11-8-5-4-7-2-1-3-10(12)9(7)6-8/h1-6H. The third-order valence-corrected chi connectivity index (χ3v) is 3.40. The second-order valence-corrected chi connectivity index (χ2v) is 5.01. The molecule has 0 fully saturated rings. The molecule has 0 N–H and O–H groups in total. The Hall–Kier alpha value is 0.160. The number of rotatable bonds is 0. The van der Waals surface area contributed by atoms with E-state index in [1.54, 1.807) is 0 Å². The highest BCUT2D eigenvalue weighted by Gasteiger charge is 1.96. The highest BCUT2D eigenvalue weighted by molar-refractivity contribution is 14.1. The Bertz CT molecular complexity index is 421. The van der Waals surface area contributed by atoms with E-state index in [2.05, 4.69) is 81.6 Å². The lowest BCUT2D eigenvalue weighted by Gasteiger charge is -2.00. The fourth-order valence-electron chi connectivity index (χ4n) is 1.21. The van der Waals surface area contributed by atoms with Crippen molar-refractivity contribution in [2.24, 2.45) is 0 Å². The topological polar surface area (TPSA) is 0 Å². The van der Waals surface area contributed by atoms with Gasteiger partial charge >= 0.3 is 0 Å². The number of benzene rings is 2. The van der Waals surface area contributed by atoms with Crippen molar-refractivity contribution in [3.63, 3.8) is 0 Å². The first-order valence-electron chi connectivity index (χ1n) is 3.61. The third kappa shape index (κ3) is 1.59. The zero-order valence-electron chi connectivity index (χ0n) is 6.22. The van der Waals surface area contributed by atoms with Crippen LogP contribution in [0.1, 0.15) is 0 Å². The summed E-state index contributed by atoms with van der Waals surface area (Å²) in [5.74, 6) is 0. The molecule has 0 bridgehead atoms. The molecule has 0 aliphatic heterocycles. The van der Waals surface area contributed by atoms with Crippen molar-refractivity contribution in [1.29, 1.82) is 0 Å². The molecule has 2 aromatic rings. The summed E-state index contributed by atoms with van der Waals surface area (Å²) in [6, 6.07) is 12.9. The minimum atomic E-state index is 1.30. The second kappa shape index (κ2) is 3.49. The van der Waals surface area contributed by atoms with Crippen LogP contribution in [0, 0.1) is 7.14 Å². The number of fused-ring (bicyclic) bond motifs is 1. The highest BCUT2D eigenvalue weighted by atomic mass is 127. The summed E-state index contributed by atoms with van der Waals surface area (Å²) in [6.45, 7) is 0. The molecule has 0 aliphatic carbocycles. The normalized spacial score (nSPS) is 10.5. The number of hydrogen-bond donors (Lipinski definition) is 0. The molecule has 12 heavy (non-hydrogen) atoms. The molecule has 0 aromatic heterocycles. The zero-order valence-corrected chi connectivity index (χ0v) is 10.5. The van der Waals surface area contributed by atoms with Crippen molar-refractivity contribution in [1.82, 2.24) is 0 Å². The summed E-state index contributed by atoms with van der Waals surface area (Å²) in [6.07, 6.45) is 0. The molecule has 0 atom stereocenters. The fourth-order valence-corrected chi connectivity index (χ4v) is 2.37. The molecule has 0 saturated carbocycles. The number of hydrogen-bond acceptors (Lipinski definition) is 0. The van der Waals surface area contributed by atoms with Gasteiger partial charge in [0.25, 0.3) is 0 Å². The Balaban J connectivity index is 2.88. The molecule has 0 saturated heterocycles. The lowest BCUT2D eigenvalue weighted by molar-refractivity contribution is 1.67. The Morgan fingerprint density at radius 1 is 0.917 bits per heavy atom. The van der Waals surface area contributed by atoms with Crippen LogP contribution in [0.4, 0.5) is 0 Å². The molecule has 2 aromatic carbocycles. The molecule has 0 unspecified atom stereocenters. The van der Waals surface area contributed by atoms with Crippen LogP contribution >= 0.6 is 45.2 Å². The van der Waals surface area contributed by atoms with Gasteiger partial charge in [-0.25, -0.2) is 0 Å². The summed E-state index contributed by atoms with van der Waals surface area (Å²) in [5, 5.41) is 2.67. The van der Waals surface area contributed by atoms with Gasteiger partial charge in [-0.3, -0.25) is 0 Å². The van der Waals surface area contributed by atoms with Gasteiger partial charge < -0.3 is 0 Å². The molecule has 2 heteroatoms. The maximum atomic E-state index is 2.37. The van der Waals surface area contributed by atoms with E-state index in [0.717, 1.165) is 0 Å². The first kappa shape index (κ1) is 8.74. The molecular weight excluding hydrogens is 374 g/mol. The van der Waals surface area contributed by atoms with Crippen LogP contribution in [0.25, 0.3) is 10.8 Å². The third-order valence-electron chi connectivity index (χ3n) is 1.79. The van der Waals surface area contributed by atoms with Crippen molar-refractivity contribution in [3.05, 3.63) is 43.5 Å². The van der Waals surface area contributed by atoms with Crippen molar-refractivity contribution >= 4 is 56.0 Å². The summed E-state index contributed by atoms with van der Waals surface area (Å²) in [7, 11) is 0. The van der Waals surface area contributed by atoms with Gasteiger partial charge in [0.15, 0.2) is 0 Å². The summed E-state index contributed by atoms with van der Waals surface area (Å²) < 4.78 is 2.62. The van der Waals surface area contributed by atoms with Gasteiger partial charge in [0.05, 0.1) is 0 Å². The molecular formula is C10H6I2. The lowest BCUT2D eigenvalue weighted by atomic mass is 10.1. The number of halogens is 2. The molecule has 60 valence electrons. The van der Waals surface area contributed by atoms with Crippen molar-refractivity contribution in [2.45, 2.75) is 0 Å². The van der Waals surface area contributed by atoms with E-state index in [4.69, 9.17) is 0 Å². The minimum absolute atomic E-state index is 1.30. The van der Waals surface area contributed by atoms with E-state index < -0.39 is 0 Å². The molecule has 0 spiro atoms. The first-order valence-corrected chi connectivity index (χ1v) is 5.77. The quantitative estimate of drug-likeness (QED) is 0.606. The molecule has 0 nitrogen and oxygen atoms in total. The SMILES string of the molecule is Ic1ccc2cccc(I)c2c1. The van der Waals surface area contributed by atoms with Crippen LogP contribution in [0.15, 0.2) is 36.4 Å². The smallest absolute Gasteiger partial charge is 0.0209 e. The molecule has 0 aliphatic rings. The van der Waals surface area contributed by atoms with E-state index in [-0.39, 0.29) is 0 Å². The van der Waals surface area contributed by atoms with Gasteiger partial charge in [-0.05, 0) is 74.2 Å². The Morgan fingerprint density at radius 3 is 2.58 bits per heavy atom. The van der Waals surface area contributed by atoms with E-state index in [1.807, 2.05) is 0 Å². The van der Waals surface area contributed by atoms with Gasteiger partial charge in [-0.15, -0.1) is 0 Å². The monoisotopic (exact) mass is 380 g/mol. The minimum Gasteiger partial charge on any atom is -0.0606 e. The molecule has 0 radical (unpaired) electrons. The average Bonchev–Trinajstić information content (AvgIpc) is 2.07. The van der Waals surface area contributed by atoms with Crippen LogP contribution in [-0.4, -0.2) is 0 Å². The highest BCUT2D eigenvalue weighted by Crippen LogP contribution is 2.22. The summed E-state index contributed by atoms with van der Waals surface area (Å²) in [5.41, 5.74) is 0. The predicted octanol–water partition coefficient (Wildman–Crippen LogP) is 4.05. The van der Waals surface area contributed by atoms with Gasteiger partial charge in [-0.2, -0.15) is 0 Å². The first-order chi connectivity index (χ1) is 5.77. The molecule has 0 amide bonds. The van der Waals surface area contributed by atoms with Gasteiger partial charge in [0.2, 0.25) is 0 Å². The van der Waals surface area contributed by atoms with E-state index >= 15 is 0 Å². The van der Waals surface area contributed by atoms with Gasteiger partial charge in [-0.1, -0.05) is 18.2 Å². The lowest BCUT2D eigenvalue weighted by Crippen LogP contribution is -1.78. The second-order valence-electron chi connectivity index (χ2n) is 2.61. The van der Waals surface area contributed by atoms with Crippen molar-refractivity contribution in [2.75, 3.05) is 0 Å². The zero-order chi connectivity index (χ0) is 8.55. The van der Waals surface area contributed by atoms with Crippen LogP contribution < -0.4 is 0 Å². The Morgan fingerprint density at radius 2 is 1.75 bits per heavy atom. The Labute approximate surface area is 98.6 Å². The van der Waals surface area contributed by atoms with Gasteiger partial charge in [0.1, 0.15) is 0 Å². The van der Waals surface area contributed by atoms with Crippen LogP contribution in [0.2, 0.25) is 0 Å². The summed E-state index contributed by atoms with van der Waals surface area (Å²) in [4.78, 5) is 0. The largest absolute Gasteiger partial charge is 0.0606 e. The molecule has 0 heterocycles. The van der Waals surface area contributed by atoms with Crippen molar-refractivity contribution in [3.8, 4) is 0 Å². The predicted molar refractivity (Wildman–Crippen MR) is 69.4 cm³/mol. The maximum Gasteiger partial charge on any atom is 0.0209 e. The average molecular weight is 380 g/mol. The summed E-state index contributed by atoms with van der Waals surface area (Å²) >= 11 is 4.71. The van der Waals surface area contributed by atoms with Gasteiger partial charge in [0, 0.05) is 7.14 Å². The van der Waals surface area contributed by atoms with E-state index in [9.17, 15) is 0 Å². The van der Waals surface area contributed by atoms with Crippen LogP contribution in [-0.2, 0) is 0 Å². The fraction of sp³-hybridized carbons (Fsp3) is 0. The van der Waals surface area contributed by atoms with E-state index in [1.165, 1.54) is 17.9 Å². The van der Waals surface area contributed by atoms with E-state index in [0.29, 0.717) is 0 Å². The van der Waals surface area contributed by atoms with Crippen LogP contribution in [0.5, 0.6) is 0 Å².